The number of pyridine rings is 1. The van der Waals surface area contributed by atoms with E-state index in [0.717, 1.165) is 20.1 Å². The van der Waals surface area contributed by atoms with Crippen LogP contribution in [0.15, 0.2) is 111 Å². The van der Waals surface area contributed by atoms with Crippen LogP contribution in [0.25, 0.3) is 6.08 Å². The van der Waals surface area contributed by atoms with Crippen molar-refractivity contribution in [2.24, 2.45) is 0 Å². The van der Waals surface area contributed by atoms with Gasteiger partial charge in [-0.25, -0.2) is 12.8 Å². The number of amides is 1. The van der Waals surface area contributed by atoms with E-state index >= 15 is 0 Å². The zero-order chi connectivity index (χ0) is 27.1. The average Bonchev–Trinajstić information content (AvgIpc) is 2.91. The summed E-state index contributed by atoms with van der Waals surface area (Å²) < 4.78 is 43.8. The first-order chi connectivity index (χ1) is 18.2. The Bertz CT molecular complexity index is 1550. The fourth-order valence-electron chi connectivity index (χ4n) is 3.56. The highest BCUT2D eigenvalue weighted by Gasteiger charge is 2.26. The zero-order valence-corrected chi connectivity index (χ0v) is 23.9. The van der Waals surface area contributed by atoms with Crippen LogP contribution in [-0.2, 0) is 27.9 Å². The molecule has 1 N–H and O–H groups in total. The fraction of sp³-hybridized carbons (Fsp3) is 0.0714. The van der Waals surface area contributed by atoms with Crippen LogP contribution in [0.1, 0.15) is 16.7 Å². The van der Waals surface area contributed by atoms with E-state index in [-0.39, 0.29) is 23.9 Å². The van der Waals surface area contributed by atoms with Crippen LogP contribution in [0.3, 0.4) is 0 Å². The highest BCUT2D eigenvalue weighted by Crippen LogP contribution is 2.27. The van der Waals surface area contributed by atoms with Gasteiger partial charge in [0, 0.05) is 46.2 Å². The third-order valence-corrected chi connectivity index (χ3v) is 8.59. The van der Waals surface area contributed by atoms with E-state index in [2.05, 4.69) is 42.2 Å². The van der Waals surface area contributed by atoms with Gasteiger partial charge < -0.3 is 5.32 Å². The van der Waals surface area contributed by atoms with Crippen molar-refractivity contribution in [3.8, 4) is 0 Å². The first-order valence-corrected chi connectivity index (χ1v) is 14.4. The molecule has 38 heavy (non-hydrogen) atoms. The van der Waals surface area contributed by atoms with Gasteiger partial charge in [-0.2, -0.15) is 4.31 Å². The molecule has 0 unspecified atom stereocenters. The third kappa shape index (κ3) is 7.44. The Balaban J connectivity index is 1.55. The Morgan fingerprint density at radius 2 is 1.61 bits per heavy atom. The van der Waals surface area contributed by atoms with Crippen molar-refractivity contribution in [1.29, 1.82) is 0 Å². The highest BCUT2D eigenvalue weighted by atomic mass is 79.9. The Kier molecular flexibility index (Phi) is 9.22. The van der Waals surface area contributed by atoms with Gasteiger partial charge in [-0.15, -0.1) is 0 Å². The number of benzene rings is 3. The summed E-state index contributed by atoms with van der Waals surface area (Å²) in [7, 11) is -3.96. The lowest BCUT2D eigenvalue weighted by Crippen LogP contribution is -2.30. The molecular formula is C28H22Br2FN3O3S. The Morgan fingerprint density at radius 3 is 2.29 bits per heavy atom. The molecule has 4 aromatic rings. The van der Waals surface area contributed by atoms with Crippen molar-refractivity contribution >= 4 is 59.6 Å². The molecule has 0 fully saturated rings. The molecule has 1 heterocycles. The zero-order valence-electron chi connectivity index (χ0n) is 19.9. The van der Waals surface area contributed by atoms with E-state index in [1.807, 2.05) is 18.2 Å². The maximum absolute atomic E-state index is 13.7. The van der Waals surface area contributed by atoms with Gasteiger partial charge in [-0.05, 0) is 89.5 Å². The monoisotopic (exact) mass is 657 g/mol. The van der Waals surface area contributed by atoms with E-state index < -0.39 is 15.8 Å². The minimum absolute atomic E-state index is 0.0415. The van der Waals surface area contributed by atoms with Crippen LogP contribution in [0.4, 0.5) is 10.1 Å². The molecule has 0 saturated heterocycles. The number of rotatable bonds is 9. The minimum atomic E-state index is -3.96. The minimum Gasteiger partial charge on any atom is -0.323 e. The van der Waals surface area contributed by atoms with E-state index in [4.69, 9.17) is 0 Å². The maximum Gasteiger partial charge on any atom is 0.248 e. The molecule has 0 aliphatic carbocycles. The Labute approximate surface area is 237 Å². The van der Waals surface area contributed by atoms with Crippen LogP contribution in [0.2, 0.25) is 0 Å². The van der Waals surface area contributed by atoms with E-state index in [1.54, 1.807) is 42.7 Å². The summed E-state index contributed by atoms with van der Waals surface area (Å²) in [5, 5.41) is 2.72. The number of carbonyl (C=O) groups excluding carboxylic acids is 1. The molecule has 3 aromatic carbocycles. The van der Waals surface area contributed by atoms with Crippen molar-refractivity contribution in [3.63, 3.8) is 0 Å². The number of hydrogen-bond donors (Lipinski definition) is 1. The van der Waals surface area contributed by atoms with E-state index in [1.165, 1.54) is 46.8 Å². The number of nitrogens with zero attached hydrogens (tertiary/aromatic N) is 2. The Morgan fingerprint density at radius 1 is 0.921 bits per heavy atom. The van der Waals surface area contributed by atoms with Gasteiger partial charge in [-0.1, -0.05) is 44.0 Å². The van der Waals surface area contributed by atoms with Crippen LogP contribution in [0.5, 0.6) is 0 Å². The summed E-state index contributed by atoms with van der Waals surface area (Å²) in [6.45, 7) is 0.123. The van der Waals surface area contributed by atoms with E-state index in [9.17, 15) is 17.6 Å². The topological polar surface area (TPSA) is 79.4 Å². The van der Waals surface area contributed by atoms with Crippen LogP contribution in [0, 0.1) is 5.82 Å². The molecule has 1 amide bonds. The summed E-state index contributed by atoms with van der Waals surface area (Å²) in [5.41, 5.74) is 2.68. The number of halogens is 3. The fourth-order valence-corrected chi connectivity index (χ4v) is 5.75. The Hall–Kier alpha value is -3.18. The molecule has 194 valence electrons. The van der Waals surface area contributed by atoms with Crippen LogP contribution < -0.4 is 5.32 Å². The number of sulfonamides is 1. The van der Waals surface area contributed by atoms with Gasteiger partial charge in [0.05, 0.1) is 4.90 Å². The number of aromatic nitrogens is 1. The predicted molar refractivity (Wildman–Crippen MR) is 153 cm³/mol. The summed E-state index contributed by atoms with van der Waals surface area (Å²) in [5.74, 6) is -0.749. The van der Waals surface area contributed by atoms with E-state index in [0.29, 0.717) is 11.3 Å². The van der Waals surface area contributed by atoms with Crippen molar-refractivity contribution in [2.75, 3.05) is 5.32 Å². The molecule has 0 bridgehead atoms. The molecule has 0 atom stereocenters. The lowest BCUT2D eigenvalue weighted by molar-refractivity contribution is -0.111. The molecule has 0 spiro atoms. The number of anilines is 1. The first-order valence-electron chi connectivity index (χ1n) is 11.4. The second-order valence-electron chi connectivity index (χ2n) is 8.26. The normalized spacial score (nSPS) is 11.7. The van der Waals surface area contributed by atoms with Crippen molar-refractivity contribution < 1.29 is 17.6 Å². The lowest BCUT2D eigenvalue weighted by Gasteiger charge is -2.23. The standard InChI is InChI=1S/C28H22Br2FN3O3S/c29-23-4-11-27(30)22(17-23)19-34(18-21-1-5-24(31)6-2-21)38(36,37)26-9-7-25(8-10-26)33-28(35)12-3-20-13-15-32-16-14-20/h1-17H,18-19H2,(H,33,35)/b12-3+. The van der Waals surface area contributed by atoms with Gasteiger partial charge in [0.15, 0.2) is 0 Å². The molecule has 4 rings (SSSR count). The molecule has 6 nitrogen and oxygen atoms in total. The smallest absolute Gasteiger partial charge is 0.248 e. The quantitative estimate of drug-likeness (QED) is 0.201. The molecule has 0 saturated carbocycles. The maximum atomic E-state index is 13.7. The van der Waals surface area contributed by atoms with Gasteiger partial charge in [0.2, 0.25) is 15.9 Å². The summed E-state index contributed by atoms with van der Waals surface area (Å²) in [4.78, 5) is 16.3. The SMILES string of the molecule is O=C(/C=C/c1ccncc1)Nc1ccc(S(=O)(=O)N(Cc2ccc(F)cc2)Cc2cc(Br)ccc2Br)cc1. The van der Waals surface area contributed by atoms with Gasteiger partial charge in [-0.3, -0.25) is 9.78 Å². The largest absolute Gasteiger partial charge is 0.323 e. The highest BCUT2D eigenvalue weighted by molar-refractivity contribution is 9.11. The van der Waals surface area contributed by atoms with Gasteiger partial charge in [0.25, 0.3) is 0 Å². The van der Waals surface area contributed by atoms with Crippen LogP contribution >= 0.6 is 31.9 Å². The molecule has 0 aliphatic heterocycles. The van der Waals surface area contributed by atoms with Crippen molar-refractivity contribution in [1.82, 2.24) is 9.29 Å². The third-order valence-electron chi connectivity index (χ3n) is 5.52. The first kappa shape index (κ1) is 27.8. The molecule has 0 radical (unpaired) electrons. The molecule has 10 heteroatoms. The second-order valence-corrected chi connectivity index (χ2v) is 12.0. The summed E-state index contributed by atoms with van der Waals surface area (Å²) in [6.07, 6.45) is 6.31. The lowest BCUT2D eigenvalue weighted by atomic mass is 10.2. The van der Waals surface area contributed by atoms with Gasteiger partial charge in [0.1, 0.15) is 5.82 Å². The molecule has 0 aliphatic rings. The summed E-state index contributed by atoms with van der Waals surface area (Å²) >= 11 is 6.93. The number of carbonyl (C=O) groups is 1. The van der Waals surface area contributed by atoms with Crippen molar-refractivity contribution in [2.45, 2.75) is 18.0 Å². The predicted octanol–water partition coefficient (Wildman–Crippen LogP) is 6.79. The van der Waals surface area contributed by atoms with Gasteiger partial charge >= 0.3 is 0 Å². The average molecular weight is 659 g/mol. The van der Waals surface area contributed by atoms with Crippen molar-refractivity contribution in [3.05, 3.63) is 129 Å². The molecule has 1 aromatic heterocycles. The number of hydrogen-bond acceptors (Lipinski definition) is 4. The van der Waals surface area contributed by atoms with Crippen LogP contribution in [-0.4, -0.2) is 23.6 Å². The molecular weight excluding hydrogens is 637 g/mol. The number of nitrogens with one attached hydrogen (secondary N) is 1. The summed E-state index contributed by atoms with van der Waals surface area (Å²) in [6, 6.07) is 20.8. The second kappa shape index (κ2) is 12.6.